The molecule has 1 aromatic carbocycles. The van der Waals surface area contributed by atoms with Gasteiger partial charge in [-0.05, 0) is 24.1 Å². The van der Waals surface area contributed by atoms with Crippen molar-refractivity contribution in [3.05, 3.63) is 28.3 Å². The van der Waals surface area contributed by atoms with E-state index in [9.17, 15) is 31.1 Å². The van der Waals surface area contributed by atoms with E-state index in [2.05, 4.69) is 4.74 Å². The molecule has 0 fully saturated rings. The molecule has 0 amide bonds. The van der Waals surface area contributed by atoms with Crippen molar-refractivity contribution < 1.29 is 41.0 Å². The Morgan fingerprint density at radius 2 is 1.82 bits per heavy atom. The number of fused-ring (bicyclic) bond motifs is 1. The van der Waals surface area contributed by atoms with Crippen molar-refractivity contribution in [3.63, 3.8) is 0 Å². The van der Waals surface area contributed by atoms with E-state index < -0.39 is 53.1 Å². The van der Waals surface area contributed by atoms with E-state index in [0.717, 1.165) is 6.07 Å². The van der Waals surface area contributed by atoms with E-state index in [1.54, 1.807) is 0 Å². The van der Waals surface area contributed by atoms with E-state index in [1.807, 2.05) is 0 Å². The predicted molar refractivity (Wildman–Crippen MR) is 61.8 cm³/mol. The van der Waals surface area contributed by atoms with Gasteiger partial charge in [0.15, 0.2) is 0 Å². The topological polar surface area (TPSA) is 46.5 Å². The Hall–Kier alpha value is -1.64. The smallest absolute Gasteiger partial charge is 0.426 e. The number of benzene rings is 1. The zero-order valence-electron chi connectivity index (χ0n) is 10.4. The Bertz CT molecular complexity index is 610. The van der Waals surface area contributed by atoms with Gasteiger partial charge >= 0.3 is 18.3 Å². The minimum absolute atomic E-state index is 0.120. The summed E-state index contributed by atoms with van der Waals surface area (Å²) in [6.45, 7) is 0. The molecule has 0 aliphatic carbocycles. The first-order valence-electron chi connectivity index (χ1n) is 5.77. The molecular weight excluding hydrogens is 342 g/mol. The first-order valence-corrected chi connectivity index (χ1v) is 6.15. The molecule has 0 bridgehead atoms. The minimum atomic E-state index is -5.03. The number of ether oxygens (including phenoxy) is 1. The second-order valence-electron chi connectivity index (χ2n) is 4.67. The summed E-state index contributed by atoms with van der Waals surface area (Å²) < 4.78 is 81.1. The number of hydrogen-bond donors (Lipinski definition) is 1. The van der Waals surface area contributed by atoms with Crippen LogP contribution < -0.4 is 4.74 Å². The van der Waals surface area contributed by atoms with Gasteiger partial charge in [-0.2, -0.15) is 26.3 Å². The van der Waals surface area contributed by atoms with E-state index >= 15 is 0 Å². The lowest BCUT2D eigenvalue weighted by atomic mass is 9.89. The quantitative estimate of drug-likeness (QED) is 0.782. The van der Waals surface area contributed by atoms with Crippen LogP contribution in [0.3, 0.4) is 0 Å². The van der Waals surface area contributed by atoms with Gasteiger partial charge in [-0.1, -0.05) is 11.6 Å². The Morgan fingerprint density at radius 3 is 2.27 bits per heavy atom. The highest BCUT2D eigenvalue weighted by Crippen LogP contribution is 2.44. The summed E-state index contributed by atoms with van der Waals surface area (Å²) in [5.41, 5.74) is -1.46. The lowest BCUT2D eigenvalue weighted by Gasteiger charge is -2.33. The van der Waals surface area contributed by atoms with Gasteiger partial charge in [0.25, 0.3) is 0 Å². The molecule has 1 N–H and O–H groups in total. The van der Waals surface area contributed by atoms with Gasteiger partial charge in [-0.15, -0.1) is 0 Å². The molecule has 0 spiro atoms. The van der Waals surface area contributed by atoms with Gasteiger partial charge in [0, 0.05) is 0 Å². The van der Waals surface area contributed by atoms with Crippen LogP contribution in [0.15, 0.2) is 12.1 Å². The number of carboxylic acid groups (broad SMARTS) is 1. The first-order chi connectivity index (χ1) is 9.91. The normalized spacial score (nSPS) is 22.0. The van der Waals surface area contributed by atoms with Crippen LogP contribution in [0.25, 0.3) is 0 Å². The molecule has 1 aliphatic rings. The maximum absolute atomic E-state index is 12.8. The third-order valence-electron chi connectivity index (χ3n) is 3.15. The fraction of sp³-hybridized carbons (Fsp3) is 0.417. The fourth-order valence-electron chi connectivity index (χ4n) is 2.16. The zero-order valence-corrected chi connectivity index (χ0v) is 11.2. The zero-order chi connectivity index (χ0) is 16.9. The van der Waals surface area contributed by atoms with Crippen LogP contribution in [0.5, 0.6) is 5.75 Å². The monoisotopic (exact) mass is 348 g/mol. The highest BCUT2D eigenvalue weighted by Gasteiger charge is 2.52. The molecule has 3 nitrogen and oxygen atoms in total. The molecule has 0 aromatic heterocycles. The molecule has 2 rings (SSSR count). The molecule has 122 valence electrons. The summed E-state index contributed by atoms with van der Waals surface area (Å²) in [5.74, 6) is -4.39. The molecule has 0 saturated heterocycles. The van der Waals surface area contributed by atoms with Crippen LogP contribution in [0, 0.1) is 5.92 Å². The lowest BCUT2D eigenvalue weighted by molar-refractivity contribution is -0.217. The molecule has 1 heterocycles. The molecule has 2 atom stereocenters. The van der Waals surface area contributed by atoms with Gasteiger partial charge in [0.2, 0.25) is 6.10 Å². The van der Waals surface area contributed by atoms with Crippen molar-refractivity contribution in [2.45, 2.75) is 24.9 Å². The van der Waals surface area contributed by atoms with Gasteiger partial charge in [-0.25, -0.2) is 0 Å². The van der Waals surface area contributed by atoms with Crippen LogP contribution in [-0.2, 0) is 17.4 Å². The lowest BCUT2D eigenvalue weighted by Crippen LogP contribution is -2.47. The summed E-state index contributed by atoms with van der Waals surface area (Å²) in [5, 5.41) is 8.13. The number of carbonyl (C=O) groups is 1. The van der Waals surface area contributed by atoms with Gasteiger partial charge < -0.3 is 9.84 Å². The number of alkyl halides is 6. The van der Waals surface area contributed by atoms with Crippen molar-refractivity contribution in [1.29, 1.82) is 0 Å². The van der Waals surface area contributed by atoms with E-state index in [4.69, 9.17) is 16.7 Å². The Kier molecular flexibility index (Phi) is 3.97. The maximum atomic E-state index is 12.8. The molecular formula is C12H7ClF6O3. The molecule has 22 heavy (non-hydrogen) atoms. The standard InChI is InChI=1S/C12H7ClF6O3/c13-7-2-4-1-5(10(20)21)9(12(17,18)19)22-8(4)3-6(7)11(14,15)16/h2-3,5,9H,1H2,(H,20,21). The molecule has 10 heteroatoms. The van der Waals surface area contributed by atoms with E-state index in [1.165, 1.54) is 0 Å². The summed E-state index contributed by atoms with van der Waals surface area (Å²) in [6, 6.07) is 1.14. The fourth-order valence-corrected chi connectivity index (χ4v) is 2.45. The minimum Gasteiger partial charge on any atom is -0.481 e. The number of aliphatic carboxylic acids is 1. The molecule has 0 radical (unpaired) electrons. The van der Waals surface area contributed by atoms with Crippen molar-refractivity contribution in [2.24, 2.45) is 5.92 Å². The van der Waals surface area contributed by atoms with Crippen LogP contribution in [-0.4, -0.2) is 23.4 Å². The molecule has 0 saturated carbocycles. The summed E-state index contributed by atoms with van der Waals surface area (Å²) in [7, 11) is 0. The van der Waals surface area contributed by atoms with Gasteiger partial charge in [0.1, 0.15) is 11.7 Å². The highest BCUT2D eigenvalue weighted by atomic mass is 35.5. The van der Waals surface area contributed by atoms with Crippen LogP contribution in [0.1, 0.15) is 11.1 Å². The Morgan fingerprint density at radius 1 is 1.23 bits per heavy atom. The number of rotatable bonds is 1. The highest BCUT2D eigenvalue weighted by molar-refractivity contribution is 6.31. The van der Waals surface area contributed by atoms with E-state index in [0.29, 0.717) is 6.07 Å². The first kappa shape index (κ1) is 16.7. The molecule has 2 unspecified atom stereocenters. The van der Waals surface area contributed by atoms with Crippen molar-refractivity contribution >= 4 is 17.6 Å². The van der Waals surface area contributed by atoms with E-state index in [-0.39, 0.29) is 5.56 Å². The van der Waals surface area contributed by atoms with Gasteiger partial charge in [-0.3, -0.25) is 4.79 Å². The second-order valence-corrected chi connectivity index (χ2v) is 5.07. The van der Waals surface area contributed by atoms with Crippen molar-refractivity contribution in [3.8, 4) is 5.75 Å². The summed E-state index contributed by atoms with van der Waals surface area (Å²) in [6.07, 6.45) is -13.3. The largest absolute Gasteiger partial charge is 0.481 e. The second kappa shape index (κ2) is 5.22. The van der Waals surface area contributed by atoms with Crippen LogP contribution >= 0.6 is 11.6 Å². The average Bonchev–Trinajstić information content (AvgIpc) is 2.33. The SMILES string of the molecule is O=C(O)C1Cc2cc(Cl)c(C(F)(F)F)cc2OC1C(F)(F)F. The van der Waals surface area contributed by atoms with Crippen LogP contribution in [0.2, 0.25) is 5.02 Å². The third-order valence-corrected chi connectivity index (χ3v) is 3.47. The number of halogens is 7. The number of hydrogen-bond acceptors (Lipinski definition) is 2. The van der Waals surface area contributed by atoms with Gasteiger partial charge in [0.05, 0.1) is 10.6 Å². The van der Waals surface area contributed by atoms with Crippen LogP contribution in [0.4, 0.5) is 26.3 Å². The Balaban J connectivity index is 2.51. The predicted octanol–water partition coefficient (Wildman–Crippen LogP) is 3.93. The van der Waals surface area contributed by atoms with Crippen molar-refractivity contribution in [2.75, 3.05) is 0 Å². The summed E-state index contributed by atoms with van der Waals surface area (Å²) in [4.78, 5) is 10.9. The molecule has 1 aliphatic heterocycles. The Labute approximate surface area is 124 Å². The third kappa shape index (κ3) is 3.08. The average molecular weight is 349 g/mol. The molecule has 1 aromatic rings. The maximum Gasteiger partial charge on any atom is 0.426 e. The summed E-state index contributed by atoms with van der Waals surface area (Å²) >= 11 is 5.45. The van der Waals surface area contributed by atoms with Crippen molar-refractivity contribution in [1.82, 2.24) is 0 Å². The number of carboxylic acids is 1.